The number of allylic oxidation sites excluding steroid dienone is 3. The van der Waals surface area contributed by atoms with Crippen molar-refractivity contribution in [2.24, 2.45) is 5.92 Å². The van der Waals surface area contributed by atoms with Crippen molar-refractivity contribution in [2.45, 2.75) is 53.9 Å². The number of phenolic OH excluding ortho intramolecular Hbond substituents is 2. The van der Waals surface area contributed by atoms with Crippen LogP contribution < -0.4 is 0 Å². The van der Waals surface area contributed by atoms with Gasteiger partial charge in [-0.25, -0.2) is 0 Å². The minimum atomic E-state index is -0.202. The van der Waals surface area contributed by atoms with E-state index in [9.17, 15) is 15.0 Å². The molecule has 0 spiro atoms. The molecule has 0 radical (unpaired) electrons. The molecular formula is C22H31ClO4. The molecular weight excluding hydrogens is 364 g/mol. The number of hydrogen-bond donors (Lipinski definition) is 2. The van der Waals surface area contributed by atoms with Gasteiger partial charge in [0.1, 0.15) is 11.5 Å². The molecule has 0 bridgehead atoms. The van der Waals surface area contributed by atoms with Crippen LogP contribution in [0.15, 0.2) is 23.3 Å². The van der Waals surface area contributed by atoms with Crippen molar-refractivity contribution >= 4 is 17.9 Å². The van der Waals surface area contributed by atoms with E-state index in [0.29, 0.717) is 30.8 Å². The summed E-state index contributed by atoms with van der Waals surface area (Å²) in [6, 6.07) is 0. The number of aldehydes is 1. The molecule has 4 nitrogen and oxygen atoms in total. The Morgan fingerprint density at radius 3 is 2.26 bits per heavy atom. The van der Waals surface area contributed by atoms with E-state index in [1.54, 1.807) is 6.92 Å². The number of carbonyl (C=O) groups excluding carboxylic acids is 1. The number of aromatic hydroxyl groups is 2. The van der Waals surface area contributed by atoms with Crippen molar-refractivity contribution in [2.75, 3.05) is 13.2 Å². The quantitative estimate of drug-likeness (QED) is 0.301. The first-order chi connectivity index (χ1) is 12.7. The molecule has 5 heteroatoms. The van der Waals surface area contributed by atoms with Crippen LogP contribution in [-0.4, -0.2) is 29.7 Å². The third kappa shape index (κ3) is 7.04. The van der Waals surface area contributed by atoms with Crippen molar-refractivity contribution in [3.05, 3.63) is 45.0 Å². The normalized spacial score (nSPS) is 12.7. The zero-order valence-electron chi connectivity index (χ0n) is 16.9. The van der Waals surface area contributed by atoms with Crippen LogP contribution in [0.25, 0.3) is 0 Å². The lowest BCUT2D eigenvalue weighted by Gasteiger charge is -2.13. The van der Waals surface area contributed by atoms with Crippen LogP contribution in [0.5, 0.6) is 11.5 Å². The minimum absolute atomic E-state index is 0.108. The fraction of sp³-hybridized carbons (Fsp3) is 0.500. The van der Waals surface area contributed by atoms with Crippen molar-refractivity contribution in [1.82, 2.24) is 0 Å². The molecule has 27 heavy (non-hydrogen) atoms. The molecule has 150 valence electrons. The average molecular weight is 395 g/mol. The summed E-state index contributed by atoms with van der Waals surface area (Å²) in [6.07, 6.45) is 6.70. The summed E-state index contributed by atoms with van der Waals surface area (Å²) in [5, 5.41) is 20.6. The number of rotatable bonds is 10. The van der Waals surface area contributed by atoms with E-state index in [-0.39, 0.29) is 27.6 Å². The van der Waals surface area contributed by atoms with Crippen LogP contribution in [-0.2, 0) is 11.2 Å². The molecule has 2 N–H and O–H groups in total. The molecule has 0 saturated carbocycles. The lowest BCUT2D eigenvalue weighted by atomic mass is 9.98. The highest BCUT2D eigenvalue weighted by molar-refractivity contribution is 6.33. The maximum Gasteiger partial charge on any atom is 0.154 e. The number of ether oxygens (including phenoxy) is 1. The maximum atomic E-state index is 11.2. The largest absolute Gasteiger partial charge is 0.507 e. The Kier molecular flexibility index (Phi) is 9.61. The Hall–Kier alpha value is -1.78. The summed E-state index contributed by atoms with van der Waals surface area (Å²) in [5.41, 5.74) is 3.18. The Bertz CT molecular complexity index is 718. The van der Waals surface area contributed by atoms with E-state index in [1.165, 1.54) is 5.57 Å². The molecule has 0 unspecified atom stereocenters. The summed E-state index contributed by atoms with van der Waals surface area (Å²) in [4.78, 5) is 11.2. The van der Waals surface area contributed by atoms with Crippen molar-refractivity contribution in [3.63, 3.8) is 0 Å². The monoisotopic (exact) mass is 394 g/mol. The topological polar surface area (TPSA) is 66.8 Å². The van der Waals surface area contributed by atoms with Gasteiger partial charge in [-0.1, -0.05) is 48.7 Å². The summed E-state index contributed by atoms with van der Waals surface area (Å²) >= 11 is 6.08. The first-order valence-corrected chi connectivity index (χ1v) is 9.63. The molecule has 1 aromatic rings. The first-order valence-electron chi connectivity index (χ1n) is 9.26. The summed E-state index contributed by atoms with van der Waals surface area (Å²) in [5.74, 6) is 0.165. The number of benzene rings is 1. The zero-order valence-corrected chi connectivity index (χ0v) is 17.7. The Morgan fingerprint density at radius 1 is 1.11 bits per heavy atom. The first kappa shape index (κ1) is 23.3. The molecule has 0 heterocycles. The third-order valence-corrected chi connectivity index (χ3v) is 4.92. The van der Waals surface area contributed by atoms with Gasteiger partial charge in [0.2, 0.25) is 0 Å². The molecule has 0 fully saturated rings. The Morgan fingerprint density at radius 2 is 1.70 bits per heavy atom. The standard InChI is InChI=1S/C22H31ClO4/c1-14(2)13-27-11-10-16(4)7-6-15(3)8-9-18-21(25)19(12-24)17(5)20(23)22(18)26/h8,10,12,14,25-26H,6-7,9,11,13H2,1-5H3/b15-8+,16-10+. The number of carbonyl (C=O) groups is 1. The average Bonchev–Trinajstić information content (AvgIpc) is 2.62. The van der Waals surface area contributed by atoms with Gasteiger partial charge in [-0.2, -0.15) is 0 Å². The summed E-state index contributed by atoms with van der Waals surface area (Å²) in [6.45, 7) is 11.3. The van der Waals surface area contributed by atoms with E-state index in [0.717, 1.165) is 25.0 Å². The second kappa shape index (κ2) is 11.2. The fourth-order valence-electron chi connectivity index (χ4n) is 2.60. The van der Waals surface area contributed by atoms with Gasteiger partial charge in [-0.15, -0.1) is 0 Å². The van der Waals surface area contributed by atoms with Gasteiger partial charge < -0.3 is 14.9 Å². The predicted octanol–water partition coefficient (Wildman–Crippen LogP) is 5.76. The molecule has 0 aliphatic rings. The van der Waals surface area contributed by atoms with E-state index in [4.69, 9.17) is 16.3 Å². The molecule has 0 saturated heterocycles. The van der Waals surface area contributed by atoms with Gasteiger partial charge in [-0.3, -0.25) is 4.79 Å². The Labute approximate surface area is 167 Å². The molecule has 1 rings (SSSR count). The minimum Gasteiger partial charge on any atom is -0.507 e. The van der Waals surface area contributed by atoms with Crippen molar-refractivity contribution < 1.29 is 19.7 Å². The van der Waals surface area contributed by atoms with Crippen molar-refractivity contribution in [1.29, 1.82) is 0 Å². The van der Waals surface area contributed by atoms with Crippen LogP contribution in [0.1, 0.15) is 62.0 Å². The highest BCUT2D eigenvalue weighted by Crippen LogP contribution is 2.40. The van der Waals surface area contributed by atoms with Crippen molar-refractivity contribution in [3.8, 4) is 11.5 Å². The SMILES string of the molecule is C/C(=C\COCC(C)C)CC/C(C)=C/Cc1c(O)c(Cl)c(C)c(C=O)c1O. The summed E-state index contributed by atoms with van der Waals surface area (Å²) in [7, 11) is 0. The van der Waals surface area contributed by atoms with Crippen LogP contribution in [0.2, 0.25) is 5.02 Å². The zero-order chi connectivity index (χ0) is 20.6. The van der Waals surface area contributed by atoms with Gasteiger partial charge in [0.05, 0.1) is 17.2 Å². The van der Waals surface area contributed by atoms with E-state index in [2.05, 4.69) is 26.8 Å². The van der Waals surface area contributed by atoms with Gasteiger partial charge in [-0.05, 0) is 51.5 Å². The summed E-state index contributed by atoms with van der Waals surface area (Å²) < 4.78 is 5.56. The van der Waals surface area contributed by atoms with Crippen LogP contribution in [0.4, 0.5) is 0 Å². The second-order valence-corrected chi connectivity index (χ2v) is 7.76. The lowest BCUT2D eigenvalue weighted by molar-refractivity contribution is 0.112. The van der Waals surface area contributed by atoms with Crippen LogP contribution in [0, 0.1) is 12.8 Å². The highest BCUT2D eigenvalue weighted by atomic mass is 35.5. The molecule has 0 aromatic heterocycles. The molecule has 0 atom stereocenters. The Balaban J connectivity index is 2.71. The van der Waals surface area contributed by atoms with E-state index < -0.39 is 0 Å². The fourth-order valence-corrected chi connectivity index (χ4v) is 2.81. The molecule has 0 aliphatic heterocycles. The van der Waals surface area contributed by atoms with Gasteiger partial charge in [0.15, 0.2) is 6.29 Å². The second-order valence-electron chi connectivity index (χ2n) is 7.38. The maximum absolute atomic E-state index is 11.2. The third-order valence-electron chi connectivity index (χ3n) is 4.45. The number of hydrogen-bond acceptors (Lipinski definition) is 4. The van der Waals surface area contributed by atoms with Crippen LogP contribution in [0.3, 0.4) is 0 Å². The lowest BCUT2D eigenvalue weighted by Crippen LogP contribution is -2.01. The smallest absolute Gasteiger partial charge is 0.154 e. The van der Waals surface area contributed by atoms with Gasteiger partial charge in [0.25, 0.3) is 0 Å². The van der Waals surface area contributed by atoms with Gasteiger partial charge >= 0.3 is 0 Å². The van der Waals surface area contributed by atoms with Gasteiger partial charge in [0, 0.05) is 12.2 Å². The molecule has 0 amide bonds. The molecule has 1 aromatic carbocycles. The number of halogens is 1. The molecule has 0 aliphatic carbocycles. The highest BCUT2D eigenvalue weighted by Gasteiger charge is 2.19. The van der Waals surface area contributed by atoms with E-state index in [1.807, 2.05) is 13.0 Å². The van der Waals surface area contributed by atoms with Crippen LogP contribution >= 0.6 is 11.6 Å². The van der Waals surface area contributed by atoms with E-state index >= 15 is 0 Å². The number of phenols is 2. The predicted molar refractivity (Wildman–Crippen MR) is 111 cm³/mol.